The van der Waals surface area contributed by atoms with E-state index in [2.05, 4.69) is 41.9 Å². The molecule has 0 aliphatic carbocycles. The van der Waals surface area contributed by atoms with E-state index in [-0.39, 0.29) is 5.88 Å². The number of nitrogens with one attached hydrogen (secondary N) is 1. The van der Waals surface area contributed by atoms with Crippen molar-refractivity contribution in [1.29, 1.82) is 0 Å². The number of likely N-dealkylation sites (N-methyl/N-ethyl adjacent to an activating group) is 1. The van der Waals surface area contributed by atoms with E-state index in [1.165, 1.54) is 25.3 Å². The van der Waals surface area contributed by atoms with E-state index in [1.807, 2.05) is 6.92 Å². The molecule has 2 unspecified atom stereocenters. The van der Waals surface area contributed by atoms with Crippen molar-refractivity contribution in [3.05, 3.63) is 35.8 Å². The molecule has 2 fully saturated rings. The zero-order chi connectivity index (χ0) is 26.5. The first-order valence-electron chi connectivity index (χ1n) is 11.2. The van der Waals surface area contributed by atoms with E-state index in [0.29, 0.717) is 24.3 Å². The van der Waals surface area contributed by atoms with Gasteiger partial charge in [-0.1, -0.05) is 6.07 Å². The number of piperazine rings is 1. The van der Waals surface area contributed by atoms with Gasteiger partial charge in [0.15, 0.2) is 0 Å². The van der Waals surface area contributed by atoms with E-state index >= 15 is 0 Å². The fourth-order valence-electron chi connectivity index (χ4n) is 4.43. The maximum absolute atomic E-state index is 12.4. The molecule has 2 aromatic heterocycles. The summed E-state index contributed by atoms with van der Waals surface area (Å²) in [6.07, 6.45) is 0.113. The second-order valence-corrected chi connectivity index (χ2v) is 8.54. The van der Waals surface area contributed by atoms with Gasteiger partial charge < -0.3 is 25.0 Å². The molecule has 2 aliphatic rings. The van der Waals surface area contributed by atoms with E-state index in [1.54, 1.807) is 18.5 Å². The van der Waals surface area contributed by atoms with Gasteiger partial charge in [0.2, 0.25) is 5.88 Å². The van der Waals surface area contributed by atoms with Crippen molar-refractivity contribution in [3.63, 3.8) is 0 Å². The highest BCUT2D eigenvalue weighted by Crippen LogP contribution is 2.35. The van der Waals surface area contributed by atoms with E-state index in [0.717, 1.165) is 30.3 Å². The number of pyridine rings is 1. The van der Waals surface area contributed by atoms with Gasteiger partial charge >= 0.3 is 18.8 Å². The summed E-state index contributed by atoms with van der Waals surface area (Å²) >= 11 is 0. The Bertz CT molecular complexity index is 1030. The van der Waals surface area contributed by atoms with Gasteiger partial charge in [0.1, 0.15) is 18.0 Å². The van der Waals surface area contributed by atoms with Gasteiger partial charge in [0.25, 0.3) is 0 Å². The molecule has 0 amide bonds. The number of anilines is 2. The number of carboxylic acids is 1. The predicted molar refractivity (Wildman–Crippen MR) is 120 cm³/mol. The molecule has 2 atom stereocenters. The summed E-state index contributed by atoms with van der Waals surface area (Å²) < 4.78 is 60.9. The fraction of sp³-hybridized carbons (Fsp3) is 0.545. The summed E-state index contributed by atoms with van der Waals surface area (Å²) in [6, 6.07) is 5.76. The summed E-state index contributed by atoms with van der Waals surface area (Å²) in [7, 11) is 2.18. The van der Waals surface area contributed by atoms with Gasteiger partial charge in [-0.3, -0.25) is 0 Å². The standard InChI is InChI=1S/C20H26F2N6O.C2HF3O2/c1-13-18(23-9-14-5-3-8-17(26-14)29-20(21)22)24-12-25-19(13)28-15-6-4-7-16(28)11-27(2)10-15;3-2(4,5)1(6)7/h3,5,8,12,15-16,20H,4,6-7,9-11H2,1-2H3,(H,23,24,25);(H,6,7). The highest BCUT2D eigenvalue weighted by molar-refractivity contribution is 5.73. The third kappa shape index (κ3) is 7.12. The van der Waals surface area contributed by atoms with Crippen LogP contribution in [0.3, 0.4) is 0 Å². The Balaban J connectivity index is 0.000000454. The number of halogens is 5. The largest absolute Gasteiger partial charge is 0.490 e. The lowest BCUT2D eigenvalue weighted by Crippen LogP contribution is -2.60. The molecule has 14 heteroatoms. The number of rotatable bonds is 6. The Morgan fingerprint density at radius 3 is 2.44 bits per heavy atom. The normalized spacial score (nSPS) is 19.9. The molecule has 2 aromatic rings. The van der Waals surface area contributed by atoms with Gasteiger partial charge in [-0.15, -0.1) is 0 Å². The summed E-state index contributed by atoms with van der Waals surface area (Å²) in [6.45, 7) is 1.58. The quantitative estimate of drug-likeness (QED) is 0.554. The number of alkyl halides is 5. The van der Waals surface area contributed by atoms with Crippen molar-refractivity contribution in [3.8, 4) is 5.88 Å². The lowest BCUT2D eigenvalue weighted by atomic mass is 9.91. The van der Waals surface area contributed by atoms with Crippen molar-refractivity contribution in [1.82, 2.24) is 19.9 Å². The molecule has 2 aliphatic heterocycles. The molecular formula is C22H27F5N6O3. The molecule has 0 saturated carbocycles. The third-order valence-corrected chi connectivity index (χ3v) is 5.88. The number of nitrogens with zero attached hydrogens (tertiary/aromatic N) is 5. The van der Waals surface area contributed by atoms with Crippen LogP contribution < -0.4 is 15.0 Å². The number of aromatic nitrogens is 3. The van der Waals surface area contributed by atoms with Crippen molar-refractivity contribution in [2.75, 3.05) is 30.4 Å². The fourth-order valence-corrected chi connectivity index (χ4v) is 4.43. The molecular weight excluding hydrogens is 491 g/mol. The van der Waals surface area contributed by atoms with Crippen LogP contribution in [0.5, 0.6) is 5.88 Å². The first kappa shape index (κ1) is 27.3. The Hall–Kier alpha value is -3.29. The number of hydrogen-bond acceptors (Lipinski definition) is 8. The van der Waals surface area contributed by atoms with Gasteiger partial charge in [0, 0.05) is 36.8 Å². The SMILES string of the molecule is Cc1c(NCc2cccc(OC(F)F)n2)ncnc1N1C2CCCC1CN(C)C2.O=C(O)C(F)(F)F. The molecule has 4 heterocycles. The Kier molecular flexibility index (Phi) is 8.82. The lowest BCUT2D eigenvalue weighted by Gasteiger charge is -2.50. The van der Waals surface area contributed by atoms with Crippen LogP contribution in [0.15, 0.2) is 24.5 Å². The molecule has 2 N–H and O–H groups in total. The highest BCUT2D eigenvalue weighted by Gasteiger charge is 2.38. The first-order chi connectivity index (χ1) is 17.0. The van der Waals surface area contributed by atoms with E-state index in [4.69, 9.17) is 9.90 Å². The van der Waals surface area contributed by atoms with Crippen molar-refractivity contribution in [2.45, 2.75) is 57.6 Å². The van der Waals surface area contributed by atoms with Crippen molar-refractivity contribution in [2.24, 2.45) is 0 Å². The second-order valence-electron chi connectivity index (χ2n) is 8.54. The van der Waals surface area contributed by atoms with Crippen LogP contribution in [0, 0.1) is 6.92 Å². The summed E-state index contributed by atoms with van der Waals surface area (Å²) in [5, 5.41) is 10.4. The number of carbonyl (C=O) groups is 1. The van der Waals surface area contributed by atoms with Crippen LogP contribution in [0.2, 0.25) is 0 Å². The van der Waals surface area contributed by atoms with Gasteiger partial charge in [-0.05, 0) is 39.3 Å². The second kappa shape index (κ2) is 11.6. The maximum Gasteiger partial charge on any atom is 0.490 e. The minimum absolute atomic E-state index is 0.0929. The van der Waals surface area contributed by atoms with E-state index < -0.39 is 18.8 Å². The number of ether oxygens (including phenoxy) is 1. The lowest BCUT2D eigenvalue weighted by molar-refractivity contribution is -0.192. The molecule has 2 bridgehead atoms. The minimum Gasteiger partial charge on any atom is -0.475 e. The molecule has 0 radical (unpaired) electrons. The molecule has 0 spiro atoms. The predicted octanol–water partition coefficient (Wildman–Crippen LogP) is 3.70. The summed E-state index contributed by atoms with van der Waals surface area (Å²) in [5.74, 6) is -1.14. The Morgan fingerprint density at radius 1 is 1.22 bits per heavy atom. The van der Waals surface area contributed by atoms with E-state index in [9.17, 15) is 22.0 Å². The third-order valence-electron chi connectivity index (χ3n) is 5.88. The van der Waals surface area contributed by atoms with Gasteiger partial charge in [0.05, 0.1) is 12.2 Å². The molecule has 36 heavy (non-hydrogen) atoms. The van der Waals surface area contributed by atoms with Crippen molar-refractivity contribution < 1.29 is 36.6 Å². The average Bonchev–Trinajstić information content (AvgIpc) is 2.78. The summed E-state index contributed by atoms with van der Waals surface area (Å²) in [4.78, 5) is 26.9. The number of piperidine rings is 1. The van der Waals surface area contributed by atoms with Gasteiger partial charge in [-0.2, -0.15) is 22.0 Å². The minimum atomic E-state index is -5.08. The molecule has 4 rings (SSSR count). The number of hydrogen-bond donors (Lipinski definition) is 2. The van der Waals surface area contributed by atoms with Gasteiger partial charge in [-0.25, -0.2) is 19.7 Å². The zero-order valence-electron chi connectivity index (χ0n) is 19.7. The van der Waals surface area contributed by atoms with Crippen LogP contribution >= 0.6 is 0 Å². The molecule has 2 saturated heterocycles. The molecule has 0 aromatic carbocycles. The van der Waals surface area contributed by atoms with Crippen molar-refractivity contribution >= 4 is 17.6 Å². The number of fused-ring (bicyclic) bond motifs is 2. The monoisotopic (exact) mass is 518 g/mol. The van der Waals surface area contributed by atoms with Crippen LogP contribution in [0.4, 0.5) is 33.6 Å². The molecule has 9 nitrogen and oxygen atoms in total. The highest BCUT2D eigenvalue weighted by atomic mass is 19.4. The number of likely N-dealkylation sites (tertiary alicyclic amines) is 1. The maximum atomic E-state index is 12.4. The van der Waals surface area contributed by atoms with Crippen LogP contribution in [0.25, 0.3) is 0 Å². The Morgan fingerprint density at radius 2 is 1.86 bits per heavy atom. The van der Waals surface area contributed by atoms with Crippen LogP contribution in [-0.4, -0.2) is 75.9 Å². The number of aliphatic carboxylic acids is 1. The molecule has 198 valence electrons. The number of carboxylic acid groups (broad SMARTS) is 1. The van der Waals surface area contributed by atoms with Crippen LogP contribution in [-0.2, 0) is 11.3 Å². The van der Waals surface area contributed by atoms with Crippen LogP contribution in [0.1, 0.15) is 30.5 Å². The summed E-state index contributed by atoms with van der Waals surface area (Å²) in [5.41, 5.74) is 1.59. The smallest absolute Gasteiger partial charge is 0.475 e. The zero-order valence-corrected chi connectivity index (χ0v) is 19.7. The first-order valence-corrected chi connectivity index (χ1v) is 11.2. The topological polar surface area (TPSA) is 104 Å². The Labute approximate surface area is 204 Å². The average molecular weight is 518 g/mol.